The van der Waals surface area contributed by atoms with Gasteiger partial charge in [0.1, 0.15) is 84.6 Å². The van der Waals surface area contributed by atoms with Gasteiger partial charge in [-0.05, 0) is 106 Å². The van der Waals surface area contributed by atoms with Gasteiger partial charge in [-0.25, -0.2) is 0 Å². The number of fused-ring (bicyclic) bond motifs is 7. The summed E-state index contributed by atoms with van der Waals surface area (Å²) in [6.07, 6.45) is -10.5. The average molecular weight is 901 g/mol. The van der Waals surface area contributed by atoms with Gasteiger partial charge < -0.3 is 89.3 Å². The van der Waals surface area contributed by atoms with E-state index in [0.29, 0.717) is 42.8 Å². The molecular formula is C45H72O18. The predicted octanol–water partition coefficient (Wildman–Crippen LogP) is -0.911. The Hall–Kier alpha value is -1.40. The first-order chi connectivity index (χ1) is 29.7. The molecule has 8 rings (SSSR count). The van der Waals surface area contributed by atoms with Crippen LogP contribution in [0.1, 0.15) is 86.0 Å². The average Bonchev–Trinajstić information content (AvgIpc) is 3.71. The monoisotopic (exact) mass is 900 g/mol. The fraction of sp³-hybridized carbons (Fsp3) is 0.911. The maximum Gasteiger partial charge on any atom is 0.187 e. The van der Waals surface area contributed by atoms with E-state index in [2.05, 4.69) is 19.9 Å². The van der Waals surface area contributed by atoms with Gasteiger partial charge >= 0.3 is 0 Å². The van der Waals surface area contributed by atoms with E-state index in [1.54, 1.807) is 0 Å². The predicted molar refractivity (Wildman–Crippen MR) is 218 cm³/mol. The Labute approximate surface area is 368 Å². The second kappa shape index (κ2) is 18.3. The summed E-state index contributed by atoms with van der Waals surface area (Å²) in [7, 11) is 0. The third kappa shape index (κ3) is 8.38. The van der Waals surface area contributed by atoms with Crippen molar-refractivity contribution in [3.8, 4) is 0 Å². The topological polar surface area (TPSA) is 287 Å². The zero-order valence-electron chi connectivity index (χ0n) is 36.9. The summed E-state index contributed by atoms with van der Waals surface area (Å²) < 4.78 is 42.0. The van der Waals surface area contributed by atoms with E-state index in [-0.39, 0.29) is 41.5 Å². The van der Waals surface area contributed by atoms with Crippen LogP contribution >= 0.6 is 0 Å². The van der Waals surface area contributed by atoms with Gasteiger partial charge in [-0.1, -0.05) is 32.4 Å². The molecule has 63 heavy (non-hydrogen) atoms. The molecule has 3 saturated carbocycles. The van der Waals surface area contributed by atoms with Crippen LogP contribution in [-0.2, 0) is 33.2 Å². The lowest BCUT2D eigenvalue weighted by atomic mass is 9.46. The molecule has 0 radical (unpaired) electrons. The van der Waals surface area contributed by atoms with Crippen LogP contribution in [0.5, 0.6) is 0 Å². The number of ether oxygens (including phenoxy) is 7. The molecule has 0 aromatic heterocycles. The molecule has 25 unspecified atom stereocenters. The molecule has 4 heterocycles. The van der Waals surface area contributed by atoms with Crippen LogP contribution < -0.4 is 0 Å². The second-order valence-corrected chi connectivity index (χ2v) is 20.8. The summed E-state index contributed by atoms with van der Waals surface area (Å²) in [5.41, 5.74) is -0.141. The zero-order valence-corrected chi connectivity index (χ0v) is 36.9. The lowest BCUT2D eigenvalue weighted by molar-refractivity contribution is -0.369. The van der Waals surface area contributed by atoms with Crippen molar-refractivity contribution in [2.24, 2.45) is 40.4 Å². The van der Waals surface area contributed by atoms with Gasteiger partial charge in [0.2, 0.25) is 0 Å². The minimum atomic E-state index is -1.65. The van der Waals surface area contributed by atoms with E-state index in [0.717, 1.165) is 32.1 Å². The second-order valence-electron chi connectivity index (χ2n) is 20.8. The molecule has 4 aliphatic heterocycles. The molecule has 4 aliphatic carbocycles. The first-order valence-corrected chi connectivity index (χ1v) is 23.1. The molecule has 7 fully saturated rings. The number of rotatable bonds is 11. The minimum absolute atomic E-state index is 0.0743. The molecule has 25 atom stereocenters. The molecule has 8 aliphatic rings. The highest BCUT2D eigenvalue weighted by Crippen LogP contribution is 2.70. The van der Waals surface area contributed by atoms with Crippen molar-refractivity contribution in [1.82, 2.24) is 0 Å². The van der Waals surface area contributed by atoms with Crippen molar-refractivity contribution in [1.29, 1.82) is 0 Å². The Kier molecular flexibility index (Phi) is 13.9. The summed E-state index contributed by atoms with van der Waals surface area (Å²) in [5, 5.41) is 115. The molecule has 18 nitrogen and oxygen atoms in total. The Morgan fingerprint density at radius 3 is 2.11 bits per heavy atom. The molecule has 18 heteroatoms. The van der Waals surface area contributed by atoms with Gasteiger partial charge in [0.05, 0.1) is 32.0 Å². The van der Waals surface area contributed by atoms with E-state index in [1.165, 1.54) is 12.5 Å². The molecule has 0 spiro atoms. The molecule has 360 valence electrons. The number of hydrogen-bond acceptors (Lipinski definition) is 18. The van der Waals surface area contributed by atoms with Crippen LogP contribution in [0, 0.1) is 40.4 Å². The summed E-state index contributed by atoms with van der Waals surface area (Å²) in [6.45, 7) is 9.05. The maximum absolute atomic E-state index is 12.3. The van der Waals surface area contributed by atoms with Gasteiger partial charge in [0, 0.05) is 5.92 Å². The van der Waals surface area contributed by atoms with Crippen molar-refractivity contribution >= 4 is 0 Å². The van der Waals surface area contributed by atoms with E-state index in [9.17, 15) is 56.2 Å². The maximum atomic E-state index is 12.3. The molecule has 0 aromatic rings. The number of hydrogen-bond donors (Lipinski definition) is 11. The Morgan fingerprint density at radius 1 is 0.762 bits per heavy atom. The highest BCUT2D eigenvalue weighted by Gasteiger charge is 2.69. The lowest BCUT2D eigenvalue weighted by Gasteiger charge is -2.58. The quantitative estimate of drug-likeness (QED) is 0.112. The van der Waals surface area contributed by atoms with E-state index < -0.39 is 111 Å². The van der Waals surface area contributed by atoms with E-state index in [4.69, 9.17) is 33.2 Å². The minimum Gasteiger partial charge on any atom is -0.492 e. The SMILES string of the molecule is CC(CC=C1OC2CC3C4CC=C5CC(OC6OC(CO)C(O)C(O)C6OC6OC(C)C(O)C(O)C6O)CCC5(C)C4CCC3(C)C2C1(C)O)COC1OC(CO)C(O)C(O)C1O. The summed E-state index contributed by atoms with van der Waals surface area (Å²) in [5.74, 6) is 1.53. The van der Waals surface area contributed by atoms with Gasteiger partial charge in [-0.15, -0.1) is 0 Å². The standard InChI is InChI=1S/C45H72O18/c1-19(18-57-40-36(54)34(52)31(49)27(16-46)61-40)6-9-29-45(5,56)39-26(60-29)15-25-23-8-7-21-14-22(10-12-43(21,3)24(23)11-13-44(25,39)4)59-42-38(35(53)32(50)28(17-47)62-42)63-41-37(55)33(51)30(48)20(2)58-41/h7,9,19-20,22-28,30-42,46-56H,6,8,10-18H2,1-5H3. The summed E-state index contributed by atoms with van der Waals surface area (Å²) in [6, 6.07) is 0. The number of aliphatic hydroxyl groups excluding tert-OH is 10. The third-order valence-corrected chi connectivity index (χ3v) is 16.8. The number of allylic oxidation sites excluding steroid dienone is 2. The van der Waals surface area contributed by atoms with E-state index in [1.807, 2.05) is 19.9 Å². The first kappa shape index (κ1) is 48.1. The summed E-state index contributed by atoms with van der Waals surface area (Å²) >= 11 is 0. The van der Waals surface area contributed by atoms with Gasteiger partial charge in [0.25, 0.3) is 0 Å². The third-order valence-electron chi connectivity index (χ3n) is 16.8. The molecule has 11 N–H and O–H groups in total. The normalized spacial score (nSPS) is 54.4. The number of aliphatic hydroxyl groups is 11. The largest absolute Gasteiger partial charge is 0.492 e. The molecule has 0 amide bonds. The van der Waals surface area contributed by atoms with Crippen LogP contribution in [-0.4, -0.2) is 186 Å². The summed E-state index contributed by atoms with van der Waals surface area (Å²) in [4.78, 5) is 0. The smallest absolute Gasteiger partial charge is 0.187 e. The Morgan fingerprint density at radius 2 is 1.41 bits per heavy atom. The van der Waals surface area contributed by atoms with Crippen molar-refractivity contribution < 1.29 is 89.3 Å². The van der Waals surface area contributed by atoms with Crippen LogP contribution in [0.2, 0.25) is 0 Å². The van der Waals surface area contributed by atoms with Crippen molar-refractivity contribution in [3.63, 3.8) is 0 Å². The molecule has 0 aromatic carbocycles. The highest BCUT2D eigenvalue weighted by molar-refractivity contribution is 5.29. The fourth-order valence-electron chi connectivity index (χ4n) is 13.2. The highest BCUT2D eigenvalue weighted by atomic mass is 16.8. The zero-order chi connectivity index (χ0) is 45.5. The van der Waals surface area contributed by atoms with Crippen LogP contribution in [0.25, 0.3) is 0 Å². The van der Waals surface area contributed by atoms with Gasteiger partial charge in [-0.2, -0.15) is 0 Å². The van der Waals surface area contributed by atoms with Crippen molar-refractivity contribution in [2.75, 3.05) is 19.8 Å². The van der Waals surface area contributed by atoms with Crippen LogP contribution in [0.4, 0.5) is 0 Å². The Bertz CT molecular complexity index is 1660. The Balaban J connectivity index is 0.903. The fourth-order valence-corrected chi connectivity index (χ4v) is 13.2. The van der Waals surface area contributed by atoms with Gasteiger partial charge in [-0.3, -0.25) is 0 Å². The molecular weight excluding hydrogens is 828 g/mol. The van der Waals surface area contributed by atoms with Crippen LogP contribution in [0.15, 0.2) is 23.5 Å². The van der Waals surface area contributed by atoms with E-state index >= 15 is 0 Å². The van der Waals surface area contributed by atoms with Crippen molar-refractivity contribution in [3.05, 3.63) is 23.5 Å². The molecule has 4 saturated heterocycles. The van der Waals surface area contributed by atoms with Gasteiger partial charge in [0.15, 0.2) is 18.9 Å². The van der Waals surface area contributed by atoms with Crippen LogP contribution in [0.3, 0.4) is 0 Å². The van der Waals surface area contributed by atoms with Crippen molar-refractivity contribution in [2.45, 2.75) is 196 Å². The molecule has 0 bridgehead atoms. The lowest BCUT2D eigenvalue weighted by Crippen LogP contribution is -2.64. The first-order valence-electron chi connectivity index (χ1n) is 23.1.